The lowest BCUT2D eigenvalue weighted by Crippen LogP contribution is -2.24. The van der Waals surface area contributed by atoms with Gasteiger partial charge >= 0.3 is 0 Å². The van der Waals surface area contributed by atoms with Crippen LogP contribution in [0.5, 0.6) is 0 Å². The Hall–Kier alpha value is -2.14. The number of benzene rings is 1. The summed E-state index contributed by atoms with van der Waals surface area (Å²) >= 11 is 6.03. The second kappa shape index (κ2) is 8.11. The van der Waals surface area contributed by atoms with E-state index in [1.165, 1.54) is 12.7 Å². The summed E-state index contributed by atoms with van der Waals surface area (Å²) in [7, 11) is 0. The molecule has 1 aromatic heterocycles. The molecule has 0 bridgehead atoms. The fourth-order valence-corrected chi connectivity index (χ4v) is 3.17. The van der Waals surface area contributed by atoms with Crippen LogP contribution in [0.15, 0.2) is 36.8 Å². The minimum atomic E-state index is 0.138. The number of rotatable bonds is 5. The first-order valence-corrected chi connectivity index (χ1v) is 8.69. The standard InChI is InChI=1S/C18H21ClN4O/c19-16-11-20-12-22-17(16)21-10-13-5-4-8-15(9-13)23-18(24)14-6-2-1-3-7-14/h4-5,8-9,11-12,14H,1-3,6-7,10H2,(H,23,24)(H,20,21,22). The van der Waals surface area contributed by atoms with Crippen molar-refractivity contribution >= 4 is 29.0 Å². The Bertz CT molecular complexity index is 701. The fourth-order valence-electron chi connectivity index (χ4n) is 3.00. The number of carbonyl (C=O) groups excluding carboxylic acids is 1. The molecule has 126 valence electrons. The smallest absolute Gasteiger partial charge is 0.227 e. The van der Waals surface area contributed by atoms with Crippen molar-refractivity contribution in [3.05, 3.63) is 47.4 Å². The van der Waals surface area contributed by atoms with Gasteiger partial charge in [-0.3, -0.25) is 4.79 Å². The highest BCUT2D eigenvalue weighted by atomic mass is 35.5. The lowest BCUT2D eigenvalue weighted by atomic mass is 9.88. The molecule has 1 aromatic carbocycles. The Balaban J connectivity index is 1.59. The number of nitrogens with zero attached hydrogens (tertiary/aromatic N) is 2. The van der Waals surface area contributed by atoms with Gasteiger partial charge in [-0.25, -0.2) is 9.97 Å². The summed E-state index contributed by atoms with van der Waals surface area (Å²) in [4.78, 5) is 20.3. The quantitative estimate of drug-likeness (QED) is 0.850. The van der Waals surface area contributed by atoms with Crippen molar-refractivity contribution in [1.82, 2.24) is 9.97 Å². The normalized spacial score (nSPS) is 15.0. The fraction of sp³-hybridized carbons (Fsp3) is 0.389. The number of anilines is 2. The summed E-state index contributed by atoms with van der Waals surface area (Å²) in [5, 5.41) is 6.71. The first-order chi connectivity index (χ1) is 11.7. The van der Waals surface area contributed by atoms with Crippen molar-refractivity contribution in [3.8, 4) is 0 Å². The summed E-state index contributed by atoms with van der Waals surface area (Å²) < 4.78 is 0. The Morgan fingerprint density at radius 3 is 2.88 bits per heavy atom. The molecule has 2 aromatic rings. The molecule has 1 aliphatic rings. The predicted molar refractivity (Wildman–Crippen MR) is 96.0 cm³/mol. The van der Waals surface area contributed by atoms with E-state index >= 15 is 0 Å². The van der Waals surface area contributed by atoms with Gasteiger partial charge in [0.25, 0.3) is 0 Å². The molecule has 2 N–H and O–H groups in total. The number of aromatic nitrogens is 2. The number of halogens is 1. The van der Waals surface area contributed by atoms with Crippen LogP contribution in [0.4, 0.5) is 11.5 Å². The van der Waals surface area contributed by atoms with E-state index in [-0.39, 0.29) is 11.8 Å². The van der Waals surface area contributed by atoms with E-state index in [4.69, 9.17) is 11.6 Å². The van der Waals surface area contributed by atoms with Crippen LogP contribution >= 0.6 is 11.6 Å². The van der Waals surface area contributed by atoms with Crippen molar-refractivity contribution in [3.63, 3.8) is 0 Å². The third-order valence-corrected chi connectivity index (χ3v) is 4.57. The molecule has 1 fully saturated rings. The monoisotopic (exact) mass is 344 g/mol. The van der Waals surface area contributed by atoms with Crippen LogP contribution in [0.25, 0.3) is 0 Å². The van der Waals surface area contributed by atoms with Crippen molar-refractivity contribution < 1.29 is 4.79 Å². The molecule has 24 heavy (non-hydrogen) atoms. The van der Waals surface area contributed by atoms with Crippen molar-refractivity contribution in [2.75, 3.05) is 10.6 Å². The van der Waals surface area contributed by atoms with Gasteiger partial charge in [-0.2, -0.15) is 0 Å². The Morgan fingerprint density at radius 2 is 2.08 bits per heavy atom. The van der Waals surface area contributed by atoms with E-state index in [1.54, 1.807) is 6.20 Å². The molecule has 1 amide bonds. The molecule has 5 nitrogen and oxygen atoms in total. The van der Waals surface area contributed by atoms with E-state index in [0.29, 0.717) is 17.4 Å². The van der Waals surface area contributed by atoms with Gasteiger partial charge in [0.15, 0.2) is 0 Å². The number of nitrogens with one attached hydrogen (secondary N) is 2. The van der Waals surface area contributed by atoms with Gasteiger partial charge < -0.3 is 10.6 Å². The van der Waals surface area contributed by atoms with Crippen LogP contribution in [0.3, 0.4) is 0 Å². The van der Waals surface area contributed by atoms with Gasteiger partial charge in [-0.1, -0.05) is 43.0 Å². The zero-order chi connectivity index (χ0) is 16.8. The van der Waals surface area contributed by atoms with Gasteiger partial charge in [-0.15, -0.1) is 0 Å². The van der Waals surface area contributed by atoms with E-state index in [1.807, 2.05) is 24.3 Å². The first kappa shape index (κ1) is 16.7. The van der Waals surface area contributed by atoms with E-state index in [0.717, 1.165) is 36.9 Å². The summed E-state index contributed by atoms with van der Waals surface area (Å²) in [6, 6.07) is 7.83. The maximum absolute atomic E-state index is 12.3. The van der Waals surface area contributed by atoms with Crippen molar-refractivity contribution in [1.29, 1.82) is 0 Å². The average molecular weight is 345 g/mol. The molecule has 0 atom stereocenters. The predicted octanol–water partition coefficient (Wildman–Crippen LogP) is 4.26. The number of hydrogen-bond acceptors (Lipinski definition) is 4. The molecule has 0 radical (unpaired) electrons. The molecule has 0 spiro atoms. The number of carbonyl (C=O) groups is 1. The summed E-state index contributed by atoms with van der Waals surface area (Å²) in [5.74, 6) is 0.891. The average Bonchev–Trinajstić information content (AvgIpc) is 2.62. The van der Waals surface area contributed by atoms with Crippen molar-refractivity contribution in [2.45, 2.75) is 38.6 Å². The third-order valence-electron chi connectivity index (χ3n) is 4.30. The Kier molecular flexibility index (Phi) is 5.64. The van der Waals surface area contributed by atoms with Gasteiger partial charge in [-0.05, 0) is 30.5 Å². The zero-order valence-corrected chi connectivity index (χ0v) is 14.2. The lowest BCUT2D eigenvalue weighted by molar-refractivity contribution is -0.120. The van der Waals surface area contributed by atoms with Gasteiger partial charge in [0, 0.05) is 18.2 Å². The zero-order valence-electron chi connectivity index (χ0n) is 13.5. The van der Waals surface area contributed by atoms with Crippen LogP contribution < -0.4 is 10.6 Å². The van der Waals surface area contributed by atoms with Crippen LogP contribution in [0.1, 0.15) is 37.7 Å². The van der Waals surface area contributed by atoms with Crippen molar-refractivity contribution in [2.24, 2.45) is 5.92 Å². The molecule has 3 rings (SSSR count). The maximum Gasteiger partial charge on any atom is 0.227 e. The van der Waals surface area contributed by atoms with E-state index < -0.39 is 0 Å². The Morgan fingerprint density at radius 1 is 1.25 bits per heavy atom. The molecule has 1 aliphatic carbocycles. The topological polar surface area (TPSA) is 66.9 Å². The highest BCUT2D eigenvalue weighted by Gasteiger charge is 2.20. The number of amides is 1. The minimum absolute atomic E-state index is 0.138. The van der Waals surface area contributed by atoms with E-state index in [9.17, 15) is 4.79 Å². The molecule has 0 aliphatic heterocycles. The molecule has 1 heterocycles. The van der Waals surface area contributed by atoms with Gasteiger partial charge in [0.1, 0.15) is 17.2 Å². The van der Waals surface area contributed by atoms with E-state index in [2.05, 4.69) is 20.6 Å². The SMILES string of the molecule is O=C(Nc1cccc(CNc2ncncc2Cl)c1)C1CCCCC1. The lowest BCUT2D eigenvalue weighted by Gasteiger charge is -2.20. The molecule has 0 saturated heterocycles. The summed E-state index contributed by atoms with van der Waals surface area (Å²) in [5.41, 5.74) is 1.88. The van der Waals surface area contributed by atoms with Crippen LogP contribution in [-0.4, -0.2) is 15.9 Å². The first-order valence-electron chi connectivity index (χ1n) is 8.31. The largest absolute Gasteiger partial charge is 0.365 e. The molecule has 1 saturated carbocycles. The molecular formula is C18H21ClN4O. The van der Waals surface area contributed by atoms with Crippen LogP contribution in [0, 0.1) is 5.92 Å². The third kappa shape index (κ3) is 4.45. The second-order valence-electron chi connectivity index (χ2n) is 6.10. The highest BCUT2D eigenvalue weighted by molar-refractivity contribution is 6.32. The summed E-state index contributed by atoms with van der Waals surface area (Å²) in [6.45, 7) is 0.573. The number of hydrogen-bond donors (Lipinski definition) is 2. The maximum atomic E-state index is 12.3. The van der Waals surface area contributed by atoms with Crippen LogP contribution in [-0.2, 0) is 11.3 Å². The minimum Gasteiger partial charge on any atom is -0.365 e. The highest BCUT2D eigenvalue weighted by Crippen LogP contribution is 2.25. The van der Waals surface area contributed by atoms with Crippen LogP contribution in [0.2, 0.25) is 5.02 Å². The van der Waals surface area contributed by atoms with Gasteiger partial charge in [0.05, 0.1) is 6.20 Å². The molecule has 0 unspecified atom stereocenters. The summed E-state index contributed by atoms with van der Waals surface area (Å²) in [6.07, 6.45) is 8.56. The van der Waals surface area contributed by atoms with Gasteiger partial charge in [0.2, 0.25) is 5.91 Å². The molecular weight excluding hydrogens is 324 g/mol. The second-order valence-corrected chi connectivity index (χ2v) is 6.50. The molecule has 6 heteroatoms. The Labute approximate surface area is 146 Å².